The largest absolute Gasteiger partial charge is 0.356 e. The normalized spacial score (nSPS) is 28.3. The molecule has 0 bridgehead atoms. The minimum absolute atomic E-state index is 0.0307. The smallest absolute Gasteiger partial charge is 0.254 e. The molecule has 1 aromatic rings. The van der Waals surface area contributed by atoms with Crippen LogP contribution >= 0.6 is 0 Å². The van der Waals surface area contributed by atoms with Crippen LogP contribution in [-0.4, -0.2) is 64.5 Å². The number of piperidine rings is 1. The number of carbonyl (C=O) groups excluding carboxylic acids is 2. The van der Waals surface area contributed by atoms with Gasteiger partial charge in [0.25, 0.3) is 5.91 Å². The van der Waals surface area contributed by atoms with Crippen molar-refractivity contribution < 1.29 is 14.3 Å². The van der Waals surface area contributed by atoms with E-state index in [1.807, 2.05) is 21.9 Å². The predicted octanol–water partition coefficient (Wildman–Crippen LogP) is 0.462. The monoisotopic (exact) mass is 344 g/mol. The van der Waals surface area contributed by atoms with E-state index in [0.29, 0.717) is 13.1 Å². The van der Waals surface area contributed by atoms with Crippen molar-refractivity contribution in [3.05, 3.63) is 30.1 Å². The number of aromatic nitrogens is 1. The number of hydrogen-bond donors (Lipinski definition) is 1. The van der Waals surface area contributed by atoms with Crippen LogP contribution < -0.4 is 5.73 Å². The zero-order valence-corrected chi connectivity index (χ0v) is 14.2. The summed E-state index contributed by atoms with van der Waals surface area (Å²) in [6.45, 7) is 1.27. The topological polar surface area (TPSA) is 88.8 Å². The standard InChI is InChI=1S/C18H24N4O3/c19-13-5-8-21(9-6-13)18(24)17-16(12-2-1-7-20-10-12)22(14-3-4-14)15(23)11-25-17/h1-2,7,10,13-14,16-17H,3-6,8-9,11,19H2/t16-,17+/m1/s1. The van der Waals surface area contributed by atoms with E-state index >= 15 is 0 Å². The van der Waals surface area contributed by atoms with Crippen LogP contribution in [0.5, 0.6) is 0 Å². The molecule has 4 rings (SSSR count). The van der Waals surface area contributed by atoms with E-state index < -0.39 is 12.1 Å². The summed E-state index contributed by atoms with van der Waals surface area (Å²) < 4.78 is 5.77. The lowest BCUT2D eigenvalue weighted by Gasteiger charge is -2.43. The predicted molar refractivity (Wildman–Crippen MR) is 90.4 cm³/mol. The molecule has 2 aliphatic heterocycles. The number of nitrogens with two attached hydrogens (primary N) is 1. The fraction of sp³-hybridized carbons (Fsp3) is 0.611. The van der Waals surface area contributed by atoms with Gasteiger partial charge in [0.1, 0.15) is 6.61 Å². The number of morpholine rings is 1. The van der Waals surface area contributed by atoms with Gasteiger partial charge in [0.15, 0.2) is 6.10 Å². The molecular weight excluding hydrogens is 320 g/mol. The summed E-state index contributed by atoms with van der Waals surface area (Å²) in [6, 6.07) is 3.73. The lowest BCUT2D eigenvalue weighted by Crippen LogP contribution is -2.57. The van der Waals surface area contributed by atoms with Crippen LogP contribution in [0.15, 0.2) is 24.5 Å². The average Bonchev–Trinajstić information content (AvgIpc) is 3.47. The second-order valence-electron chi connectivity index (χ2n) is 7.16. The molecule has 2 saturated heterocycles. The quantitative estimate of drug-likeness (QED) is 0.861. The molecule has 134 valence electrons. The highest BCUT2D eigenvalue weighted by Gasteiger charge is 2.48. The lowest BCUT2D eigenvalue weighted by atomic mass is 9.96. The van der Waals surface area contributed by atoms with Gasteiger partial charge in [0, 0.05) is 37.6 Å². The van der Waals surface area contributed by atoms with Crippen molar-refractivity contribution in [1.29, 1.82) is 0 Å². The molecule has 0 spiro atoms. The summed E-state index contributed by atoms with van der Waals surface area (Å²) in [5, 5.41) is 0. The maximum Gasteiger partial charge on any atom is 0.254 e. The Balaban J connectivity index is 1.62. The number of ether oxygens (including phenoxy) is 1. The second kappa shape index (κ2) is 6.72. The molecule has 3 fully saturated rings. The van der Waals surface area contributed by atoms with Crippen LogP contribution in [0, 0.1) is 0 Å². The highest BCUT2D eigenvalue weighted by Crippen LogP contribution is 2.39. The minimum atomic E-state index is -0.670. The van der Waals surface area contributed by atoms with Gasteiger partial charge in [-0.3, -0.25) is 14.6 Å². The number of likely N-dealkylation sites (tertiary alicyclic amines) is 1. The number of hydrogen-bond acceptors (Lipinski definition) is 5. The first kappa shape index (κ1) is 16.5. The maximum absolute atomic E-state index is 13.1. The van der Waals surface area contributed by atoms with Crippen LogP contribution in [0.25, 0.3) is 0 Å². The van der Waals surface area contributed by atoms with Gasteiger partial charge in [-0.05, 0) is 37.3 Å². The molecular formula is C18H24N4O3. The van der Waals surface area contributed by atoms with Gasteiger partial charge >= 0.3 is 0 Å². The summed E-state index contributed by atoms with van der Waals surface area (Å²) in [5.74, 6) is -0.0834. The number of pyridine rings is 1. The van der Waals surface area contributed by atoms with Crippen LogP contribution in [0.1, 0.15) is 37.3 Å². The van der Waals surface area contributed by atoms with Crippen molar-refractivity contribution in [2.75, 3.05) is 19.7 Å². The van der Waals surface area contributed by atoms with Gasteiger partial charge < -0.3 is 20.3 Å². The Morgan fingerprint density at radius 3 is 2.64 bits per heavy atom. The zero-order valence-electron chi connectivity index (χ0n) is 14.2. The van der Waals surface area contributed by atoms with Crippen molar-refractivity contribution in [3.63, 3.8) is 0 Å². The van der Waals surface area contributed by atoms with E-state index in [0.717, 1.165) is 31.2 Å². The van der Waals surface area contributed by atoms with E-state index in [-0.39, 0.29) is 30.5 Å². The first-order valence-electron chi connectivity index (χ1n) is 9.02. The first-order chi connectivity index (χ1) is 12.1. The van der Waals surface area contributed by atoms with Gasteiger partial charge in [0.05, 0.1) is 6.04 Å². The van der Waals surface area contributed by atoms with E-state index in [4.69, 9.17) is 10.5 Å². The molecule has 1 saturated carbocycles. The van der Waals surface area contributed by atoms with E-state index in [2.05, 4.69) is 4.98 Å². The molecule has 7 nitrogen and oxygen atoms in total. The third-order valence-corrected chi connectivity index (χ3v) is 5.32. The highest BCUT2D eigenvalue weighted by atomic mass is 16.5. The molecule has 0 radical (unpaired) electrons. The van der Waals surface area contributed by atoms with Crippen LogP contribution in [0.3, 0.4) is 0 Å². The number of amides is 2. The Hall–Kier alpha value is -1.99. The van der Waals surface area contributed by atoms with Gasteiger partial charge in [-0.2, -0.15) is 0 Å². The fourth-order valence-electron chi connectivity index (χ4n) is 3.80. The summed E-state index contributed by atoms with van der Waals surface area (Å²) in [7, 11) is 0. The molecule has 7 heteroatoms. The molecule has 1 aromatic heterocycles. The van der Waals surface area contributed by atoms with Gasteiger partial charge in [0.2, 0.25) is 5.91 Å². The van der Waals surface area contributed by atoms with Crippen LogP contribution in [0.4, 0.5) is 0 Å². The molecule has 1 aliphatic carbocycles. The molecule has 3 heterocycles. The summed E-state index contributed by atoms with van der Waals surface area (Å²) in [5.41, 5.74) is 6.81. The van der Waals surface area contributed by atoms with E-state index in [1.165, 1.54) is 0 Å². The van der Waals surface area contributed by atoms with Crippen molar-refractivity contribution in [2.45, 2.75) is 49.9 Å². The Bertz CT molecular complexity index is 641. The first-order valence-corrected chi connectivity index (χ1v) is 9.02. The molecule has 3 aliphatic rings. The van der Waals surface area contributed by atoms with Gasteiger partial charge in [-0.1, -0.05) is 6.07 Å². The lowest BCUT2D eigenvalue weighted by molar-refractivity contribution is -0.170. The third kappa shape index (κ3) is 3.26. The molecule has 0 aromatic carbocycles. The minimum Gasteiger partial charge on any atom is -0.356 e. The summed E-state index contributed by atoms with van der Waals surface area (Å²) in [4.78, 5) is 33.5. The Morgan fingerprint density at radius 2 is 2.00 bits per heavy atom. The fourth-order valence-corrected chi connectivity index (χ4v) is 3.80. The Labute approximate surface area is 147 Å². The van der Waals surface area contributed by atoms with E-state index in [1.54, 1.807) is 12.4 Å². The number of rotatable bonds is 3. The second-order valence-corrected chi connectivity index (χ2v) is 7.16. The van der Waals surface area contributed by atoms with Crippen LogP contribution in [-0.2, 0) is 14.3 Å². The summed E-state index contributed by atoms with van der Waals surface area (Å²) in [6.07, 6.45) is 6.34. The zero-order chi connectivity index (χ0) is 17.4. The number of nitrogens with zero attached hydrogens (tertiary/aromatic N) is 3. The van der Waals surface area contributed by atoms with Crippen molar-refractivity contribution in [1.82, 2.24) is 14.8 Å². The van der Waals surface area contributed by atoms with E-state index in [9.17, 15) is 9.59 Å². The molecule has 2 amide bonds. The highest BCUT2D eigenvalue weighted by molar-refractivity contribution is 5.87. The Kier molecular flexibility index (Phi) is 4.43. The van der Waals surface area contributed by atoms with Crippen molar-refractivity contribution >= 4 is 11.8 Å². The maximum atomic E-state index is 13.1. The SMILES string of the molecule is NC1CCN(C(=O)[C@H]2OCC(=O)N(C3CC3)[C@@H]2c2cccnc2)CC1. The molecule has 25 heavy (non-hydrogen) atoms. The van der Waals surface area contributed by atoms with Crippen molar-refractivity contribution in [2.24, 2.45) is 5.73 Å². The molecule has 2 atom stereocenters. The van der Waals surface area contributed by atoms with Gasteiger partial charge in [-0.15, -0.1) is 0 Å². The number of carbonyl (C=O) groups is 2. The average molecular weight is 344 g/mol. The summed E-state index contributed by atoms with van der Waals surface area (Å²) >= 11 is 0. The molecule has 2 N–H and O–H groups in total. The molecule has 0 unspecified atom stereocenters. The Morgan fingerprint density at radius 1 is 1.24 bits per heavy atom. The van der Waals surface area contributed by atoms with Gasteiger partial charge in [-0.25, -0.2) is 0 Å². The van der Waals surface area contributed by atoms with Crippen molar-refractivity contribution in [3.8, 4) is 0 Å². The van der Waals surface area contributed by atoms with Crippen LogP contribution in [0.2, 0.25) is 0 Å². The third-order valence-electron chi connectivity index (χ3n) is 5.32.